The number of benzene rings is 1. The molecule has 2 heterocycles. The fourth-order valence-electron chi connectivity index (χ4n) is 3.71. The molecule has 11 heteroatoms. The van der Waals surface area contributed by atoms with Crippen molar-refractivity contribution in [2.75, 3.05) is 59.1 Å². The third kappa shape index (κ3) is 9.21. The Morgan fingerprint density at radius 2 is 1.86 bits per heavy atom. The average Bonchev–Trinajstić information content (AvgIpc) is 3.40. The zero-order chi connectivity index (χ0) is 25.8. The number of urea groups is 1. The number of nitrogens with one attached hydrogen (secondary N) is 1. The van der Waals surface area contributed by atoms with Crippen molar-refractivity contribution in [3.63, 3.8) is 0 Å². The Hall–Kier alpha value is -3.02. The number of hydrogen-bond donors (Lipinski definition) is 1. The van der Waals surface area contributed by atoms with Gasteiger partial charge < -0.3 is 24.6 Å². The Morgan fingerprint density at radius 1 is 1.11 bits per heavy atom. The summed E-state index contributed by atoms with van der Waals surface area (Å²) >= 11 is 1.54. The zero-order valence-electron chi connectivity index (χ0n) is 20.5. The fraction of sp³-hybridized carbons (Fsp3) is 0.480. The molecule has 1 aliphatic rings. The van der Waals surface area contributed by atoms with Gasteiger partial charge in [-0.05, 0) is 36.1 Å². The van der Waals surface area contributed by atoms with Crippen molar-refractivity contribution in [3.8, 4) is 0 Å². The monoisotopic (exact) mass is 520 g/mol. The first-order chi connectivity index (χ1) is 17.4. The van der Waals surface area contributed by atoms with Gasteiger partial charge in [-0.15, -0.1) is 11.3 Å². The number of hydrogen-bond acceptors (Lipinski definition) is 7. The van der Waals surface area contributed by atoms with Gasteiger partial charge in [0.15, 0.2) is 0 Å². The maximum absolute atomic E-state index is 13.5. The predicted octanol–water partition coefficient (Wildman–Crippen LogP) is 2.32. The molecule has 1 aromatic carbocycles. The minimum Gasteiger partial charge on any atom is -0.465 e. The molecule has 196 valence electrons. The molecule has 0 radical (unpaired) electrons. The van der Waals surface area contributed by atoms with E-state index in [9.17, 15) is 18.8 Å². The van der Waals surface area contributed by atoms with Crippen LogP contribution in [0.3, 0.4) is 0 Å². The second-order valence-electron chi connectivity index (χ2n) is 8.29. The van der Waals surface area contributed by atoms with E-state index in [1.807, 2.05) is 17.5 Å². The second kappa shape index (κ2) is 14.5. The highest BCUT2D eigenvalue weighted by Crippen LogP contribution is 2.16. The van der Waals surface area contributed by atoms with Crippen LogP contribution in [0.1, 0.15) is 17.4 Å². The SMILES string of the molecule is CCOC(=O)CNC(=O)N(CCN1CCOCC1)CC(=O)N(Cc1ccc(F)cc1)Cc1cccs1. The number of halogens is 1. The number of rotatable bonds is 12. The third-order valence-electron chi connectivity index (χ3n) is 5.66. The maximum atomic E-state index is 13.5. The number of carbonyl (C=O) groups excluding carboxylic acids is 3. The molecule has 0 unspecified atom stereocenters. The summed E-state index contributed by atoms with van der Waals surface area (Å²) in [5.41, 5.74) is 0.785. The fourth-order valence-corrected chi connectivity index (χ4v) is 4.43. The summed E-state index contributed by atoms with van der Waals surface area (Å²) in [4.78, 5) is 44.4. The number of ether oxygens (including phenoxy) is 2. The molecule has 1 saturated heterocycles. The summed E-state index contributed by atoms with van der Waals surface area (Å²) in [6.45, 7) is 5.76. The Balaban J connectivity index is 1.69. The normalized spacial score (nSPS) is 13.7. The van der Waals surface area contributed by atoms with Crippen LogP contribution >= 0.6 is 11.3 Å². The lowest BCUT2D eigenvalue weighted by Crippen LogP contribution is -2.50. The first kappa shape index (κ1) is 27.6. The Bertz CT molecular complexity index is 967. The van der Waals surface area contributed by atoms with Gasteiger partial charge in [-0.25, -0.2) is 9.18 Å². The molecule has 36 heavy (non-hydrogen) atoms. The van der Waals surface area contributed by atoms with Gasteiger partial charge in [0, 0.05) is 37.6 Å². The van der Waals surface area contributed by atoms with Crippen molar-refractivity contribution < 1.29 is 28.2 Å². The highest BCUT2D eigenvalue weighted by Gasteiger charge is 2.24. The van der Waals surface area contributed by atoms with Crippen LogP contribution in [-0.4, -0.2) is 91.7 Å². The van der Waals surface area contributed by atoms with Crippen molar-refractivity contribution >= 4 is 29.2 Å². The summed E-state index contributed by atoms with van der Waals surface area (Å²) in [5, 5.41) is 4.50. The van der Waals surface area contributed by atoms with E-state index in [4.69, 9.17) is 9.47 Å². The molecule has 3 rings (SSSR count). The molecule has 1 N–H and O–H groups in total. The van der Waals surface area contributed by atoms with Crippen LogP contribution in [0.5, 0.6) is 0 Å². The summed E-state index contributed by atoms with van der Waals surface area (Å²) in [7, 11) is 0. The van der Waals surface area contributed by atoms with Gasteiger partial charge in [0.25, 0.3) is 0 Å². The first-order valence-electron chi connectivity index (χ1n) is 12.0. The molecular weight excluding hydrogens is 487 g/mol. The van der Waals surface area contributed by atoms with Gasteiger partial charge in [-0.1, -0.05) is 18.2 Å². The molecular formula is C25H33FN4O5S. The zero-order valence-corrected chi connectivity index (χ0v) is 21.3. The molecule has 0 spiro atoms. The van der Waals surface area contributed by atoms with E-state index >= 15 is 0 Å². The highest BCUT2D eigenvalue weighted by atomic mass is 32.1. The van der Waals surface area contributed by atoms with Crippen LogP contribution in [0, 0.1) is 5.82 Å². The molecule has 1 aliphatic heterocycles. The Morgan fingerprint density at radius 3 is 2.53 bits per heavy atom. The maximum Gasteiger partial charge on any atom is 0.325 e. The van der Waals surface area contributed by atoms with Crippen LogP contribution in [0.4, 0.5) is 9.18 Å². The van der Waals surface area contributed by atoms with Gasteiger partial charge in [-0.3, -0.25) is 14.5 Å². The van der Waals surface area contributed by atoms with Crippen LogP contribution in [0.2, 0.25) is 0 Å². The lowest BCUT2D eigenvalue weighted by atomic mass is 10.2. The highest BCUT2D eigenvalue weighted by molar-refractivity contribution is 7.09. The summed E-state index contributed by atoms with van der Waals surface area (Å²) < 4.78 is 23.7. The lowest BCUT2D eigenvalue weighted by molar-refractivity contribution is -0.141. The van der Waals surface area contributed by atoms with Gasteiger partial charge in [0.2, 0.25) is 5.91 Å². The summed E-state index contributed by atoms with van der Waals surface area (Å²) in [6, 6.07) is 9.36. The summed E-state index contributed by atoms with van der Waals surface area (Å²) in [5.74, 6) is -1.13. The molecule has 1 aromatic heterocycles. The molecule has 2 aromatic rings. The minimum atomic E-state index is -0.541. The topological polar surface area (TPSA) is 91.4 Å². The van der Waals surface area contributed by atoms with E-state index < -0.39 is 12.0 Å². The summed E-state index contributed by atoms with van der Waals surface area (Å²) in [6.07, 6.45) is 0. The van der Waals surface area contributed by atoms with Crippen LogP contribution in [0.15, 0.2) is 41.8 Å². The Kier molecular flexibility index (Phi) is 11.1. The molecule has 0 atom stereocenters. The number of carbonyl (C=O) groups is 3. The smallest absolute Gasteiger partial charge is 0.325 e. The van der Waals surface area contributed by atoms with Gasteiger partial charge >= 0.3 is 12.0 Å². The van der Waals surface area contributed by atoms with E-state index in [0.29, 0.717) is 32.8 Å². The molecule has 0 aliphatic carbocycles. The van der Waals surface area contributed by atoms with Gasteiger partial charge in [0.05, 0.1) is 26.4 Å². The number of thiophene rings is 1. The van der Waals surface area contributed by atoms with E-state index in [2.05, 4.69) is 10.2 Å². The molecule has 1 fully saturated rings. The van der Waals surface area contributed by atoms with Crippen molar-refractivity contribution in [1.29, 1.82) is 0 Å². The molecule has 9 nitrogen and oxygen atoms in total. The Labute approximate surface area is 214 Å². The average molecular weight is 521 g/mol. The van der Waals surface area contributed by atoms with Crippen LogP contribution in [0.25, 0.3) is 0 Å². The number of morpholine rings is 1. The van der Waals surface area contributed by atoms with Crippen molar-refractivity contribution in [3.05, 3.63) is 58.0 Å². The standard InChI is InChI=1S/C25H33FN4O5S/c1-2-35-24(32)16-27-25(33)29(10-9-28-11-13-34-14-12-28)19-23(31)30(18-22-4-3-15-36-22)17-20-5-7-21(26)8-6-20/h3-8,15H,2,9-14,16-19H2,1H3,(H,27,33). The van der Waals surface area contributed by atoms with Crippen molar-refractivity contribution in [1.82, 2.24) is 20.0 Å². The van der Waals surface area contributed by atoms with Crippen molar-refractivity contribution in [2.24, 2.45) is 0 Å². The first-order valence-corrected chi connectivity index (χ1v) is 12.9. The molecule has 3 amide bonds. The van der Waals surface area contributed by atoms with E-state index in [-0.39, 0.29) is 38.0 Å². The second-order valence-corrected chi connectivity index (χ2v) is 9.33. The van der Waals surface area contributed by atoms with E-state index in [1.165, 1.54) is 28.4 Å². The number of amides is 3. The van der Waals surface area contributed by atoms with Crippen LogP contribution in [-0.2, 0) is 32.2 Å². The van der Waals surface area contributed by atoms with Gasteiger partial charge in [0.1, 0.15) is 18.9 Å². The van der Waals surface area contributed by atoms with Crippen LogP contribution < -0.4 is 5.32 Å². The molecule has 0 saturated carbocycles. The molecule has 0 bridgehead atoms. The van der Waals surface area contributed by atoms with E-state index in [1.54, 1.807) is 24.0 Å². The quantitative estimate of drug-likeness (QED) is 0.432. The number of esters is 1. The van der Waals surface area contributed by atoms with Gasteiger partial charge in [-0.2, -0.15) is 0 Å². The minimum absolute atomic E-state index is 0.161. The predicted molar refractivity (Wildman–Crippen MR) is 134 cm³/mol. The van der Waals surface area contributed by atoms with Crippen molar-refractivity contribution in [2.45, 2.75) is 20.0 Å². The lowest BCUT2D eigenvalue weighted by Gasteiger charge is -2.31. The number of nitrogens with zero attached hydrogens (tertiary/aromatic N) is 3. The third-order valence-corrected chi connectivity index (χ3v) is 6.52. The largest absolute Gasteiger partial charge is 0.465 e. The van der Waals surface area contributed by atoms with E-state index in [0.717, 1.165) is 23.5 Å².